The lowest BCUT2D eigenvalue weighted by atomic mass is 9.47. The first-order chi connectivity index (χ1) is 19.2. The molecular weight excluding hydrogens is 492 g/mol. The zero-order chi connectivity index (χ0) is 28.5. The summed E-state index contributed by atoms with van der Waals surface area (Å²) in [6.07, 6.45) is 17.8. The molecule has 0 aromatic heterocycles. The Labute approximate surface area is 244 Å². The van der Waals surface area contributed by atoms with Crippen LogP contribution in [0.5, 0.6) is 5.75 Å². The lowest BCUT2D eigenvalue weighted by molar-refractivity contribution is -0.0594. The maximum atomic E-state index is 13.0. The van der Waals surface area contributed by atoms with Crippen molar-refractivity contribution in [1.82, 2.24) is 0 Å². The SMILES string of the molecule is CCCOc1ccc(C(=O)OC2CCC3(C)C(=CCC4C3CCC3(C)C(C(C)CCCC(C)C)CCC43)C2)cc1. The molecule has 3 fully saturated rings. The molecule has 222 valence electrons. The molecule has 3 heteroatoms. The summed E-state index contributed by atoms with van der Waals surface area (Å²) in [6, 6.07) is 7.43. The largest absolute Gasteiger partial charge is 0.494 e. The lowest BCUT2D eigenvalue weighted by Crippen LogP contribution is -2.51. The van der Waals surface area contributed by atoms with Crippen LogP contribution in [0.3, 0.4) is 0 Å². The van der Waals surface area contributed by atoms with E-state index in [0.29, 0.717) is 17.6 Å². The van der Waals surface area contributed by atoms with E-state index in [-0.39, 0.29) is 17.5 Å². The number of esters is 1. The van der Waals surface area contributed by atoms with E-state index in [9.17, 15) is 4.79 Å². The Bertz CT molecular complexity index is 1040. The van der Waals surface area contributed by atoms with Gasteiger partial charge in [-0.2, -0.15) is 0 Å². The molecule has 4 aliphatic rings. The van der Waals surface area contributed by atoms with Gasteiger partial charge >= 0.3 is 5.97 Å². The quantitative estimate of drug-likeness (QED) is 0.215. The Morgan fingerprint density at radius 3 is 2.48 bits per heavy atom. The number of allylic oxidation sites excluding steroid dienone is 1. The molecule has 8 unspecified atom stereocenters. The van der Waals surface area contributed by atoms with Gasteiger partial charge in [0, 0.05) is 6.42 Å². The maximum Gasteiger partial charge on any atom is 0.338 e. The molecule has 0 radical (unpaired) electrons. The van der Waals surface area contributed by atoms with Gasteiger partial charge in [-0.15, -0.1) is 0 Å². The summed E-state index contributed by atoms with van der Waals surface area (Å²) in [6.45, 7) is 15.3. The van der Waals surface area contributed by atoms with Gasteiger partial charge in [0.1, 0.15) is 11.9 Å². The van der Waals surface area contributed by atoms with Crippen LogP contribution < -0.4 is 4.74 Å². The summed E-state index contributed by atoms with van der Waals surface area (Å²) in [5.74, 6) is 5.74. The molecule has 1 aromatic carbocycles. The van der Waals surface area contributed by atoms with E-state index >= 15 is 0 Å². The number of hydrogen-bond donors (Lipinski definition) is 0. The molecule has 4 aliphatic carbocycles. The van der Waals surface area contributed by atoms with Gasteiger partial charge < -0.3 is 9.47 Å². The van der Waals surface area contributed by atoms with Crippen molar-refractivity contribution in [3.63, 3.8) is 0 Å². The summed E-state index contributed by atoms with van der Waals surface area (Å²) < 4.78 is 11.7. The van der Waals surface area contributed by atoms with Gasteiger partial charge in [0.15, 0.2) is 0 Å². The standard InChI is InChI=1S/C37H56O3/c1-7-23-39-29-14-11-27(12-15-29)35(38)40-30-19-21-36(5)28(24-30)13-16-31-33-18-17-32(26(4)10-8-9-25(2)3)37(33,6)22-20-34(31)36/h11-15,25-26,30-34H,7-10,16-24H2,1-6H3. The Hall–Kier alpha value is -1.77. The van der Waals surface area contributed by atoms with E-state index in [1.807, 2.05) is 24.3 Å². The molecule has 5 rings (SSSR count). The molecule has 3 nitrogen and oxygen atoms in total. The molecule has 0 saturated heterocycles. The third-order valence-electron chi connectivity index (χ3n) is 12.1. The zero-order valence-corrected chi connectivity index (χ0v) is 26.3. The van der Waals surface area contributed by atoms with Crippen molar-refractivity contribution in [3.05, 3.63) is 41.5 Å². The fraction of sp³-hybridized carbons (Fsp3) is 0.757. The minimum Gasteiger partial charge on any atom is -0.494 e. The Morgan fingerprint density at radius 2 is 1.75 bits per heavy atom. The monoisotopic (exact) mass is 548 g/mol. The van der Waals surface area contributed by atoms with Crippen LogP contribution in [0.15, 0.2) is 35.9 Å². The van der Waals surface area contributed by atoms with E-state index < -0.39 is 0 Å². The number of carbonyl (C=O) groups excluding carboxylic acids is 1. The summed E-state index contributed by atoms with van der Waals surface area (Å²) >= 11 is 0. The number of fused-ring (bicyclic) bond motifs is 5. The van der Waals surface area contributed by atoms with Crippen LogP contribution in [-0.4, -0.2) is 18.7 Å². The number of rotatable bonds is 10. The average Bonchev–Trinajstić information content (AvgIpc) is 3.29. The molecule has 0 N–H and O–H groups in total. The maximum absolute atomic E-state index is 13.0. The summed E-state index contributed by atoms with van der Waals surface area (Å²) in [5.41, 5.74) is 3.02. The van der Waals surface area contributed by atoms with E-state index in [0.717, 1.165) is 66.9 Å². The van der Waals surface area contributed by atoms with Gasteiger partial charge in [-0.05, 0) is 122 Å². The number of ether oxygens (including phenoxy) is 2. The van der Waals surface area contributed by atoms with Crippen molar-refractivity contribution in [1.29, 1.82) is 0 Å². The molecule has 40 heavy (non-hydrogen) atoms. The normalized spacial score (nSPS) is 35.8. The fourth-order valence-corrected chi connectivity index (χ4v) is 9.88. The van der Waals surface area contributed by atoms with Crippen molar-refractivity contribution >= 4 is 5.97 Å². The summed E-state index contributed by atoms with van der Waals surface area (Å²) in [4.78, 5) is 13.0. The van der Waals surface area contributed by atoms with Crippen LogP contribution in [0.1, 0.15) is 129 Å². The second-order valence-electron chi connectivity index (χ2n) is 14.9. The first kappa shape index (κ1) is 29.7. The van der Waals surface area contributed by atoms with E-state index in [2.05, 4.69) is 47.6 Å². The van der Waals surface area contributed by atoms with Crippen LogP contribution in [0.25, 0.3) is 0 Å². The highest BCUT2D eigenvalue weighted by molar-refractivity contribution is 5.89. The van der Waals surface area contributed by atoms with E-state index in [1.165, 1.54) is 51.4 Å². The third-order valence-corrected chi connectivity index (χ3v) is 12.1. The van der Waals surface area contributed by atoms with Crippen molar-refractivity contribution in [3.8, 4) is 5.75 Å². The highest BCUT2D eigenvalue weighted by Gasteiger charge is 2.59. The number of benzene rings is 1. The van der Waals surface area contributed by atoms with Crippen LogP contribution in [0, 0.1) is 46.3 Å². The molecule has 0 amide bonds. The molecule has 0 heterocycles. The first-order valence-electron chi connectivity index (χ1n) is 16.8. The van der Waals surface area contributed by atoms with Gasteiger partial charge in [-0.25, -0.2) is 4.79 Å². The Morgan fingerprint density at radius 1 is 0.975 bits per heavy atom. The summed E-state index contributed by atoms with van der Waals surface area (Å²) in [7, 11) is 0. The second kappa shape index (κ2) is 12.2. The van der Waals surface area contributed by atoms with Gasteiger partial charge in [-0.3, -0.25) is 0 Å². The Balaban J connectivity index is 1.21. The van der Waals surface area contributed by atoms with E-state index in [1.54, 1.807) is 5.57 Å². The molecule has 3 saturated carbocycles. The van der Waals surface area contributed by atoms with Crippen LogP contribution >= 0.6 is 0 Å². The molecular formula is C37H56O3. The predicted octanol–water partition coefficient (Wildman–Crippen LogP) is 10.0. The molecule has 8 atom stereocenters. The Kier molecular flexibility index (Phi) is 9.08. The van der Waals surface area contributed by atoms with E-state index in [4.69, 9.17) is 9.47 Å². The average molecular weight is 549 g/mol. The van der Waals surface area contributed by atoms with Gasteiger partial charge in [0.2, 0.25) is 0 Å². The molecule has 0 spiro atoms. The first-order valence-corrected chi connectivity index (χ1v) is 16.8. The van der Waals surface area contributed by atoms with Gasteiger partial charge in [0.05, 0.1) is 12.2 Å². The van der Waals surface area contributed by atoms with Gasteiger partial charge in [-0.1, -0.05) is 72.5 Å². The summed E-state index contributed by atoms with van der Waals surface area (Å²) in [5, 5.41) is 0. The third kappa shape index (κ3) is 5.78. The van der Waals surface area contributed by atoms with Crippen molar-refractivity contribution in [2.75, 3.05) is 6.61 Å². The molecule has 0 bridgehead atoms. The predicted molar refractivity (Wildman–Crippen MR) is 164 cm³/mol. The van der Waals surface area contributed by atoms with Crippen LogP contribution in [0.2, 0.25) is 0 Å². The van der Waals surface area contributed by atoms with Gasteiger partial charge in [0.25, 0.3) is 0 Å². The van der Waals surface area contributed by atoms with Crippen molar-refractivity contribution < 1.29 is 14.3 Å². The van der Waals surface area contributed by atoms with Crippen LogP contribution in [-0.2, 0) is 4.74 Å². The lowest BCUT2D eigenvalue weighted by Gasteiger charge is -2.58. The van der Waals surface area contributed by atoms with Crippen molar-refractivity contribution in [2.45, 2.75) is 125 Å². The smallest absolute Gasteiger partial charge is 0.338 e. The zero-order valence-electron chi connectivity index (χ0n) is 26.3. The number of hydrogen-bond acceptors (Lipinski definition) is 3. The highest BCUT2D eigenvalue weighted by Crippen LogP contribution is 2.67. The molecule has 1 aromatic rings. The number of carbonyl (C=O) groups is 1. The topological polar surface area (TPSA) is 35.5 Å². The van der Waals surface area contributed by atoms with Crippen molar-refractivity contribution in [2.24, 2.45) is 46.3 Å². The van der Waals surface area contributed by atoms with Crippen LogP contribution in [0.4, 0.5) is 0 Å². The minimum atomic E-state index is -0.196. The molecule has 0 aliphatic heterocycles. The highest BCUT2D eigenvalue weighted by atomic mass is 16.5. The minimum absolute atomic E-state index is 0.00389. The second-order valence-corrected chi connectivity index (χ2v) is 14.9. The fourth-order valence-electron chi connectivity index (χ4n) is 9.88.